The van der Waals surface area contributed by atoms with Crippen LogP contribution in [0.15, 0.2) is 29.2 Å². The molecular weight excluding hydrogens is 286 g/mol. The standard InChI is InChI=1S/C16H21NO3S/c1-10(2)16(3,8-14(18)19)17-15(20)12-9-21-13-7-5-4-6-11(12)13/h4-7,10,12H,8-9H2,1-3H3,(H,17,20)(H,18,19). The first kappa shape index (κ1) is 15.9. The topological polar surface area (TPSA) is 66.4 Å². The summed E-state index contributed by atoms with van der Waals surface area (Å²) in [6, 6.07) is 7.90. The second kappa shape index (κ2) is 6.10. The Morgan fingerprint density at radius 3 is 2.71 bits per heavy atom. The third-order valence-electron chi connectivity index (χ3n) is 4.22. The highest BCUT2D eigenvalue weighted by atomic mass is 32.2. The first-order valence-electron chi connectivity index (χ1n) is 7.09. The van der Waals surface area contributed by atoms with E-state index in [4.69, 9.17) is 5.11 Å². The van der Waals surface area contributed by atoms with Crippen LogP contribution in [0.5, 0.6) is 0 Å². The van der Waals surface area contributed by atoms with Gasteiger partial charge in [-0.15, -0.1) is 11.8 Å². The number of benzene rings is 1. The molecule has 5 heteroatoms. The van der Waals surface area contributed by atoms with Crippen molar-refractivity contribution in [1.82, 2.24) is 5.32 Å². The summed E-state index contributed by atoms with van der Waals surface area (Å²) in [5.74, 6) is -0.413. The van der Waals surface area contributed by atoms with Crippen LogP contribution in [0.2, 0.25) is 0 Å². The van der Waals surface area contributed by atoms with Gasteiger partial charge in [-0.1, -0.05) is 32.0 Å². The lowest BCUT2D eigenvalue weighted by molar-refractivity contribution is -0.139. The molecule has 0 aromatic heterocycles. The van der Waals surface area contributed by atoms with Crippen LogP contribution < -0.4 is 5.32 Å². The molecule has 1 aromatic carbocycles. The summed E-state index contributed by atoms with van der Waals surface area (Å²) in [6.07, 6.45) is -0.0715. The number of rotatable bonds is 5. The molecule has 2 N–H and O–H groups in total. The second-order valence-corrected chi connectivity index (χ2v) is 7.10. The van der Waals surface area contributed by atoms with Crippen molar-refractivity contribution >= 4 is 23.6 Å². The molecule has 114 valence electrons. The third-order valence-corrected chi connectivity index (χ3v) is 5.40. The number of fused-ring (bicyclic) bond motifs is 1. The fraction of sp³-hybridized carbons (Fsp3) is 0.500. The quantitative estimate of drug-likeness (QED) is 0.878. The molecule has 4 nitrogen and oxygen atoms in total. The zero-order valence-corrected chi connectivity index (χ0v) is 13.4. The van der Waals surface area contributed by atoms with Crippen LogP contribution in [-0.2, 0) is 9.59 Å². The van der Waals surface area contributed by atoms with Gasteiger partial charge in [0, 0.05) is 16.2 Å². The van der Waals surface area contributed by atoms with Crippen LogP contribution >= 0.6 is 11.8 Å². The van der Waals surface area contributed by atoms with Gasteiger partial charge >= 0.3 is 5.97 Å². The van der Waals surface area contributed by atoms with Crippen molar-refractivity contribution in [2.24, 2.45) is 5.92 Å². The van der Waals surface area contributed by atoms with Crippen LogP contribution in [0.25, 0.3) is 0 Å². The van der Waals surface area contributed by atoms with E-state index in [1.54, 1.807) is 18.7 Å². The maximum atomic E-state index is 12.6. The molecule has 0 saturated heterocycles. The molecule has 0 spiro atoms. The fourth-order valence-corrected chi connectivity index (χ4v) is 3.68. The van der Waals surface area contributed by atoms with E-state index >= 15 is 0 Å². The highest BCUT2D eigenvalue weighted by Crippen LogP contribution is 2.39. The average molecular weight is 307 g/mol. The van der Waals surface area contributed by atoms with Crippen molar-refractivity contribution in [2.75, 3.05) is 5.75 Å². The Kier molecular flexibility index (Phi) is 4.61. The van der Waals surface area contributed by atoms with Gasteiger partial charge in [0.15, 0.2) is 0 Å². The van der Waals surface area contributed by atoms with Gasteiger partial charge in [0.05, 0.1) is 12.3 Å². The molecule has 1 amide bonds. The van der Waals surface area contributed by atoms with Crippen LogP contribution in [0, 0.1) is 5.92 Å². The molecule has 2 unspecified atom stereocenters. The number of hydrogen-bond acceptors (Lipinski definition) is 3. The van der Waals surface area contributed by atoms with E-state index < -0.39 is 11.5 Å². The Bertz CT molecular complexity index is 558. The van der Waals surface area contributed by atoms with Crippen molar-refractivity contribution in [1.29, 1.82) is 0 Å². The molecule has 1 aliphatic rings. The largest absolute Gasteiger partial charge is 0.481 e. The van der Waals surface area contributed by atoms with E-state index in [9.17, 15) is 9.59 Å². The fourth-order valence-electron chi connectivity index (χ4n) is 2.46. The lowest BCUT2D eigenvalue weighted by atomic mass is 9.84. The Hall–Kier alpha value is -1.49. The maximum absolute atomic E-state index is 12.6. The van der Waals surface area contributed by atoms with Crippen molar-refractivity contribution in [3.8, 4) is 0 Å². The van der Waals surface area contributed by atoms with Crippen LogP contribution in [0.1, 0.15) is 38.7 Å². The van der Waals surface area contributed by atoms with Gasteiger partial charge in [0.25, 0.3) is 0 Å². The van der Waals surface area contributed by atoms with Gasteiger partial charge in [0.2, 0.25) is 5.91 Å². The van der Waals surface area contributed by atoms with Crippen molar-refractivity contribution in [2.45, 2.75) is 43.5 Å². The van der Waals surface area contributed by atoms with Crippen molar-refractivity contribution in [3.63, 3.8) is 0 Å². The lowest BCUT2D eigenvalue weighted by Gasteiger charge is -2.34. The van der Waals surface area contributed by atoms with Gasteiger partial charge in [-0.25, -0.2) is 0 Å². The summed E-state index contributed by atoms with van der Waals surface area (Å²) in [5, 5.41) is 12.1. The second-order valence-electron chi connectivity index (χ2n) is 6.03. The summed E-state index contributed by atoms with van der Waals surface area (Å²) in [4.78, 5) is 24.8. The number of nitrogens with one attached hydrogen (secondary N) is 1. The number of carbonyl (C=O) groups excluding carboxylic acids is 1. The highest BCUT2D eigenvalue weighted by molar-refractivity contribution is 7.99. The minimum atomic E-state index is -0.896. The van der Waals surface area contributed by atoms with Gasteiger partial charge < -0.3 is 10.4 Å². The molecule has 0 bridgehead atoms. The SMILES string of the molecule is CC(C)C(C)(CC(=O)O)NC(=O)C1CSc2ccccc21. The van der Waals surface area contributed by atoms with E-state index in [2.05, 4.69) is 5.32 Å². The number of hydrogen-bond donors (Lipinski definition) is 2. The molecule has 0 radical (unpaired) electrons. The average Bonchev–Trinajstić information content (AvgIpc) is 2.81. The highest BCUT2D eigenvalue weighted by Gasteiger charge is 2.37. The van der Waals surface area contributed by atoms with Crippen molar-refractivity contribution < 1.29 is 14.7 Å². The normalized spacial score (nSPS) is 19.9. The number of carboxylic acids is 1. The molecular formula is C16H21NO3S. The van der Waals surface area contributed by atoms with Crippen molar-refractivity contribution in [3.05, 3.63) is 29.8 Å². The third kappa shape index (κ3) is 3.40. The monoisotopic (exact) mass is 307 g/mol. The zero-order chi connectivity index (χ0) is 15.6. The molecule has 2 atom stereocenters. The van der Waals surface area contributed by atoms with E-state index in [-0.39, 0.29) is 24.2 Å². The molecule has 1 heterocycles. The zero-order valence-electron chi connectivity index (χ0n) is 12.6. The number of carbonyl (C=O) groups is 2. The smallest absolute Gasteiger partial charge is 0.305 e. The molecule has 1 aliphatic heterocycles. The predicted molar refractivity (Wildman–Crippen MR) is 83.5 cm³/mol. The number of aliphatic carboxylic acids is 1. The van der Waals surface area contributed by atoms with Gasteiger partial charge in [0.1, 0.15) is 0 Å². The Morgan fingerprint density at radius 2 is 2.10 bits per heavy atom. The lowest BCUT2D eigenvalue weighted by Crippen LogP contribution is -2.52. The van der Waals surface area contributed by atoms with E-state index in [1.165, 1.54) is 0 Å². The summed E-state index contributed by atoms with van der Waals surface area (Å²) in [5.41, 5.74) is 0.312. The first-order chi connectivity index (χ1) is 9.83. The molecule has 0 saturated carbocycles. The molecule has 1 aromatic rings. The summed E-state index contributed by atoms with van der Waals surface area (Å²) >= 11 is 1.68. The van der Waals surface area contributed by atoms with Crippen LogP contribution in [0.4, 0.5) is 0 Å². The molecule has 0 aliphatic carbocycles. The number of thioether (sulfide) groups is 1. The Morgan fingerprint density at radius 1 is 1.43 bits per heavy atom. The summed E-state index contributed by atoms with van der Waals surface area (Å²) in [7, 11) is 0. The molecule has 0 fully saturated rings. The van der Waals surface area contributed by atoms with E-state index in [0.717, 1.165) is 10.5 Å². The maximum Gasteiger partial charge on any atom is 0.305 e. The minimum Gasteiger partial charge on any atom is -0.481 e. The summed E-state index contributed by atoms with van der Waals surface area (Å²) < 4.78 is 0. The number of amides is 1. The molecule has 2 rings (SSSR count). The van der Waals surface area contributed by atoms with Gasteiger partial charge in [-0.2, -0.15) is 0 Å². The van der Waals surface area contributed by atoms with Crippen LogP contribution in [0.3, 0.4) is 0 Å². The summed E-state index contributed by atoms with van der Waals surface area (Å²) in [6.45, 7) is 5.67. The van der Waals surface area contributed by atoms with Crippen LogP contribution in [-0.4, -0.2) is 28.3 Å². The van der Waals surface area contributed by atoms with Gasteiger partial charge in [-0.05, 0) is 24.5 Å². The van der Waals surface area contributed by atoms with E-state index in [1.807, 2.05) is 38.1 Å². The van der Waals surface area contributed by atoms with E-state index in [0.29, 0.717) is 5.75 Å². The Labute approximate surface area is 129 Å². The predicted octanol–water partition coefficient (Wildman–Crippen LogP) is 2.88. The van der Waals surface area contributed by atoms with Gasteiger partial charge in [-0.3, -0.25) is 9.59 Å². The Balaban J connectivity index is 2.16. The molecule has 21 heavy (non-hydrogen) atoms. The number of carboxylic acid groups (broad SMARTS) is 1. The first-order valence-corrected chi connectivity index (χ1v) is 8.07. The minimum absolute atomic E-state index is 0.0434.